The minimum atomic E-state index is 0. The van der Waals surface area contributed by atoms with Crippen LogP contribution in [0.2, 0.25) is 0 Å². The number of aliphatic imine (C=N–C) groups is 1. The summed E-state index contributed by atoms with van der Waals surface area (Å²) in [7, 11) is 6.11. The average molecular weight is 456 g/mol. The van der Waals surface area contributed by atoms with Gasteiger partial charge in [0.2, 0.25) is 0 Å². The molecule has 1 aromatic heterocycles. The number of benzene rings is 1. The first-order chi connectivity index (χ1) is 11.2. The topological polar surface area (TPSA) is 30.9 Å². The third kappa shape index (κ3) is 4.10. The van der Waals surface area contributed by atoms with Gasteiger partial charge in [-0.25, -0.2) is 0 Å². The second kappa shape index (κ2) is 8.82. The smallest absolute Gasteiger partial charge is 0.198 e. The first kappa shape index (κ1) is 19.2. The lowest BCUT2D eigenvalue weighted by Gasteiger charge is -2.27. The van der Waals surface area contributed by atoms with Crippen LogP contribution in [0.4, 0.5) is 5.69 Å². The molecule has 0 fully saturated rings. The molecule has 1 aliphatic rings. The Bertz CT molecular complexity index is 669. The molecule has 0 radical (unpaired) electrons. The molecule has 0 amide bonds. The van der Waals surface area contributed by atoms with E-state index >= 15 is 0 Å². The number of anilines is 1. The van der Waals surface area contributed by atoms with Crippen LogP contribution in [0.15, 0.2) is 46.8 Å². The molecule has 0 saturated carbocycles. The zero-order valence-electron chi connectivity index (χ0n) is 14.4. The number of nitrogens with one attached hydrogen (secondary N) is 1. The number of rotatable bonds is 4. The van der Waals surface area contributed by atoms with Crippen LogP contribution in [0.1, 0.15) is 16.5 Å². The Morgan fingerprint density at radius 3 is 2.75 bits per heavy atom. The molecule has 0 spiro atoms. The van der Waals surface area contributed by atoms with Gasteiger partial charge in [-0.1, -0.05) is 24.3 Å². The standard InChI is InChI=1S/C18H24N4S.HI/c1-19-18(22-11-10-14-7-4-5-8-15(14)22)20-13-16(21(2)3)17-9-6-12-23-17;/h4-9,12,16H,10-11,13H2,1-3H3,(H,19,20);1H. The van der Waals surface area contributed by atoms with Gasteiger partial charge in [0.25, 0.3) is 0 Å². The summed E-state index contributed by atoms with van der Waals surface area (Å²) in [6, 6.07) is 13.3. The van der Waals surface area contributed by atoms with Crippen LogP contribution in [0.3, 0.4) is 0 Å². The van der Waals surface area contributed by atoms with Gasteiger partial charge in [-0.2, -0.15) is 0 Å². The fraction of sp³-hybridized carbons (Fsp3) is 0.389. The molecule has 1 aliphatic heterocycles. The monoisotopic (exact) mass is 456 g/mol. The number of para-hydroxylation sites is 1. The van der Waals surface area contributed by atoms with Gasteiger partial charge in [-0.3, -0.25) is 4.99 Å². The SMILES string of the molecule is CN=C(NCC(c1cccs1)N(C)C)N1CCc2ccccc21.I. The first-order valence-corrected chi connectivity index (χ1v) is 8.84. The number of hydrogen-bond donors (Lipinski definition) is 1. The molecule has 0 aliphatic carbocycles. The van der Waals surface area contributed by atoms with Crippen molar-refractivity contribution in [1.29, 1.82) is 0 Å². The van der Waals surface area contributed by atoms with Crippen LogP contribution in [0, 0.1) is 0 Å². The van der Waals surface area contributed by atoms with E-state index in [0.717, 1.165) is 25.5 Å². The summed E-state index contributed by atoms with van der Waals surface area (Å²) in [6.45, 7) is 1.84. The largest absolute Gasteiger partial charge is 0.354 e. The normalized spacial score (nSPS) is 15.2. The molecule has 4 nitrogen and oxygen atoms in total. The second-order valence-corrected chi connectivity index (χ2v) is 6.93. The van der Waals surface area contributed by atoms with Crippen molar-refractivity contribution in [3.63, 3.8) is 0 Å². The van der Waals surface area contributed by atoms with Gasteiger partial charge >= 0.3 is 0 Å². The van der Waals surface area contributed by atoms with Gasteiger partial charge in [0.1, 0.15) is 0 Å². The fourth-order valence-corrected chi connectivity index (χ4v) is 3.98. The first-order valence-electron chi connectivity index (χ1n) is 7.96. The highest BCUT2D eigenvalue weighted by Gasteiger charge is 2.23. The van der Waals surface area contributed by atoms with E-state index in [-0.39, 0.29) is 24.0 Å². The highest BCUT2D eigenvalue weighted by atomic mass is 127. The van der Waals surface area contributed by atoms with Crippen LogP contribution in [0.5, 0.6) is 0 Å². The molecule has 24 heavy (non-hydrogen) atoms. The van der Waals surface area contributed by atoms with Crippen LogP contribution in [-0.4, -0.2) is 45.1 Å². The molecule has 3 rings (SSSR count). The number of nitrogens with zero attached hydrogens (tertiary/aromatic N) is 3. The zero-order chi connectivity index (χ0) is 16.2. The van der Waals surface area contributed by atoms with Gasteiger partial charge < -0.3 is 15.1 Å². The quantitative estimate of drug-likeness (QED) is 0.434. The molecule has 2 heterocycles. The van der Waals surface area contributed by atoms with Crippen molar-refractivity contribution in [3.05, 3.63) is 52.2 Å². The molecule has 2 aromatic rings. The lowest BCUT2D eigenvalue weighted by atomic mass is 10.2. The van der Waals surface area contributed by atoms with Crippen LogP contribution in [-0.2, 0) is 6.42 Å². The molecular formula is C18H25IN4S. The van der Waals surface area contributed by atoms with E-state index in [1.54, 1.807) is 11.3 Å². The van der Waals surface area contributed by atoms with Crippen molar-refractivity contribution in [2.75, 3.05) is 39.1 Å². The third-order valence-electron chi connectivity index (χ3n) is 4.30. The Hall–Kier alpha value is -1.12. The average Bonchev–Trinajstić information content (AvgIpc) is 3.21. The molecule has 6 heteroatoms. The summed E-state index contributed by atoms with van der Waals surface area (Å²) in [5.74, 6) is 0.957. The van der Waals surface area contributed by atoms with E-state index in [1.807, 2.05) is 7.05 Å². The van der Waals surface area contributed by atoms with Gasteiger partial charge in [-0.15, -0.1) is 35.3 Å². The fourth-order valence-electron chi connectivity index (χ4n) is 3.06. The molecule has 1 aromatic carbocycles. The van der Waals surface area contributed by atoms with Gasteiger partial charge in [-0.05, 0) is 43.6 Å². The number of likely N-dealkylation sites (N-methyl/N-ethyl adjacent to an activating group) is 1. The summed E-state index contributed by atoms with van der Waals surface area (Å²) in [5.41, 5.74) is 2.68. The highest BCUT2D eigenvalue weighted by molar-refractivity contribution is 14.0. The molecule has 0 saturated heterocycles. The third-order valence-corrected chi connectivity index (χ3v) is 5.28. The second-order valence-electron chi connectivity index (χ2n) is 5.95. The summed E-state index contributed by atoms with van der Waals surface area (Å²) in [4.78, 5) is 10.4. The Morgan fingerprint density at radius 1 is 1.29 bits per heavy atom. The van der Waals surface area contributed by atoms with E-state index in [4.69, 9.17) is 0 Å². The van der Waals surface area contributed by atoms with Gasteiger partial charge in [0, 0.05) is 30.7 Å². The number of fused-ring (bicyclic) bond motifs is 1. The number of halogens is 1. The van der Waals surface area contributed by atoms with E-state index in [0.29, 0.717) is 6.04 Å². The minimum absolute atomic E-state index is 0. The maximum absolute atomic E-state index is 4.50. The summed E-state index contributed by atoms with van der Waals surface area (Å²) in [6.07, 6.45) is 1.08. The Morgan fingerprint density at radius 2 is 2.08 bits per heavy atom. The van der Waals surface area contributed by atoms with Crippen molar-refractivity contribution >= 4 is 47.0 Å². The Balaban J connectivity index is 0.00000208. The molecule has 1 unspecified atom stereocenters. The minimum Gasteiger partial charge on any atom is -0.354 e. The van der Waals surface area contributed by atoms with Gasteiger partial charge in [0.05, 0.1) is 6.04 Å². The maximum Gasteiger partial charge on any atom is 0.198 e. The Labute approximate surface area is 165 Å². The molecule has 130 valence electrons. The van der Waals surface area contributed by atoms with Crippen LogP contribution < -0.4 is 10.2 Å². The highest BCUT2D eigenvalue weighted by Crippen LogP contribution is 2.28. The van der Waals surface area contributed by atoms with E-state index in [2.05, 4.69) is 76.0 Å². The molecule has 0 bridgehead atoms. The van der Waals surface area contributed by atoms with Crippen molar-refractivity contribution in [3.8, 4) is 0 Å². The number of hydrogen-bond acceptors (Lipinski definition) is 3. The van der Waals surface area contributed by atoms with Crippen molar-refractivity contribution in [2.45, 2.75) is 12.5 Å². The van der Waals surface area contributed by atoms with Crippen LogP contribution in [0.25, 0.3) is 0 Å². The Kier molecular flexibility index (Phi) is 7.06. The summed E-state index contributed by atoms with van der Waals surface area (Å²) >= 11 is 1.80. The van der Waals surface area contributed by atoms with E-state index < -0.39 is 0 Å². The molecule has 1 N–H and O–H groups in total. The predicted octanol–water partition coefficient (Wildman–Crippen LogP) is 3.61. The van der Waals surface area contributed by atoms with E-state index in [9.17, 15) is 0 Å². The summed E-state index contributed by atoms with van der Waals surface area (Å²) < 4.78 is 0. The number of thiophene rings is 1. The molecule has 1 atom stereocenters. The van der Waals surface area contributed by atoms with Gasteiger partial charge in [0.15, 0.2) is 5.96 Å². The predicted molar refractivity (Wildman–Crippen MR) is 115 cm³/mol. The van der Waals surface area contributed by atoms with Crippen LogP contribution >= 0.6 is 35.3 Å². The van der Waals surface area contributed by atoms with Crippen molar-refractivity contribution in [1.82, 2.24) is 10.2 Å². The lowest BCUT2D eigenvalue weighted by molar-refractivity contribution is 0.302. The zero-order valence-corrected chi connectivity index (χ0v) is 17.5. The van der Waals surface area contributed by atoms with Crippen molar-refractivity contribution < 1.29 is 0 Å². The summed E-state index contributed by atoms with van der Waals surface area (Å²) in [5, 5.41) is 5.70. The number of guanidine groups is 1. The van der Waals surface area contributed by atoms with Crippen molar-refractivity contribution in [2.24, 2.45) is 4.99 Å². The molecular weight excluding hydrogens is 431 g/mol. The lowest BCUT2D eigenvalue weighted by Crippen LogP contribution is -2.43. The maximum atomic E-state index is 4.50. The van der Waals surface area contributed by atoms with E-state index in [1.165, 1.54) is 16.1 Å².